The maximum absolute atomic E-state index is 9.67. The molecule has 0 fully saturated rings. The van der Waals surface area contributed by atoms with Gasteiger partial charge >= 0.3 is 0 Å². The fourth-order valence-corrected chi connectivity index (χ4v) is 1.17. The van der Waals surface area contributed by atoms with Gasteiger partial charge in [-0.15, -0.1) is 0 Å². The smallest absolute Gasteiger partial charge is 0.216 e. The van der Waals surface area contributed by atoms with E-state index in [1.807, 2.05) is 13.0 Å². The SMILES string of the molecule is COc1nc(C(O)C(C)N)ccc1C. The van der Waals surface area contributed by atoms with Crippen molar-refractivity contribution in [2.45, 2.75) is 26.0 Å². The molecule has 4 heteroatoms. The first kappa shape index (κ1) is 10.9. The lowest BCUT2D eigenvalue weighted by Crippen LogP contribution is -2.25. The Kier molecular flexibility index (Phi) is 3.43. The van der Waals surface area contributed by atoms with Gasteiger partial charge < -0.3 is 15.6 Å². The minimum Gasteiger partial charge on any atom is -0.481 e. The molecular weight excluding hydrogens is 180 g/mol. The van der Waals surface area contributed by atoms with E-state index in [0.29, 0.717) is 11.6 Å². The van der Waals surface area contributed by atoms with Crippen LogP contribution in [0.15, 0.2) is 12.1 Å². The number of aromatic nitrogens is 1. The number of ether oxygens (including phenoxy) is 1. The van der Waals surface area contributed by atoms with Crippen molar-refractivity contribution in [3.8, 4) is 5.88 Å². The van der Waals surface area contributed by atoms with Gasteiger partial charge in [0.05, 0.1) is 12.8 Å². The fourth-order valence-electron chi connectivity index (χ4n) is 1.17. The zero-order valence-corrected chi connectivity index (χ0v) is 8.69. The maximum Gasteiger partial charge on any atom is 0.216 e. The van der Waals surface area contributed by atoms with E-state index in [1.165, 1.54) is 0 Å². The van der Waals surface area contributed by atoms with Gasteiger partial charge in [0, 0.05) is 11.6 Å². The van der Waals surface area contributed by atoms with Gasteiger partial charge in [-0.1, -0.05) is 6.07 Å². The minimum absolute atomic E-state index is 0.338. The second-order valence-corrected chi connectivity index (χ2v) is 3.37. The van der Waals surface area contributed by atoms with E-state index in [0.717, 1.165) is 5.56 Å². The predicted octanol–water partition coefficient (Wildman–Crippen LogP) is 0.779. The molecule has 2 atom stereocenters. The van der Waals surface area contributed by atoms with Gasteiger partial charge in [0.2, 0.25) is 5.88 Å². The Morgan fingerprint density at radius 1 is 1.50 bits per heavy atom. The van der Waals surface area contributed by atoms with Crippen molar-refractivity contribution in [2.24, 2.45) is 5.73 Å². The van der Waals surface area contributed by atoms with Crippen LogP contribution in [0.5, 0.6) is 5.88 Å². The number of aliphatic hydroxyl groups is 1. The second kappa shape index (κ2) is 4.39. The van der Waals surface area contributed by atoms with E-state index in [1.54, 1.807) is 20.1 Å². The molecule has 0 saturated carbocycles. The fraction of sp³-hybridized carbons (Fsp3) is 0.500. The molecule has 0 aliphatic rings. The lowest BCUT2D eigenvalue weighted by atomic mass is 10.1. The van der Waals surface area contributed by atoms with Crippen LogP contribution in [0, 0.1) is 6.92 Å². The molecular formula is C10H16N2O2. The van der Waals surface area contributed by atoms with Gasteiger partial charge in [-0.05, 0) is 19.9 Å². The lowest BCUT2D eigenvalue weighted by molar-refractivity contribution is 0.148. The summed E-state index contributed by atoms with van der Waals surface area (Å²) in [5.41, 5.74) is 7.05. The number of aliphatic hydroxyl groups excluding tert-OH is 1. The molecule has 1 aromatic heterocycles. The minimum atomic E-state index is -0.746. The molecule has 0 radical (unpaired) electrons. The molecule has 0 spiro atoms. The summed E-state index contributed by atoms with van der Waals surface area (Å²) in [6, 6.07) is 3.27. The standard InChI is InChI=1S/C10H16N2O2/c1-6-4-5-8(9(13)7(2)11)12-10(6)14-3/h4-5,7,9,13H,11H2,1-3H3. The molecule has 2 unspecified atom stereocenters. The largest absolute Gasteiger partial charge is 0.481 e. The van der Waals surface area contributed by atoms with Gasteiger partial charge in [-0.3, -0.25) is 0 Å². The van der Waals surface area contributed by atoms with Gasteiger partial charge in [-0.25, -0.2) is 4.98 Å². The van der Waals surface area contributed by atoms with Crippen LogP contribution in [0.25, 0.3) is 0 Å². The summed E-state index contributed by atoms with van der Waals surface area (Å²) in [5.74, 6) is 0.530. The first-order chi connectivity index (χ1) is 6.56. The van der Waals surface area contributed by atoms with Crippen molar-refractivity contribution in [3.05, 3.63) is 23.4 Å². The molecule has 1 heterocycles. The van der Waals surface area contributed by atoms with Crippen LogP contribution in [0.3, 0.4) is 0 Å². The number of nitrogens with two attached hydrogens (primary N) is 1. The van der Waals surface area contributed by atoms with Crippen LogP contribution in [0.2, 0.25) is 0 Å². The van der Waals surface area contributed by atoms with E-state index in [9.17, 15) is 5.11 Å². The van der Waals surface area contributed by atoms with Crippen LogP contribution >= 0.6 is 0 Å². The van der Waals surface area contributed by atoms with E-state index in [4.69, 9.17) is 10.5 Å². The Morgan fingerprint density at radius 2 is 2.14 bits per heavy atom. The number of nitrogens with zero attached hydrogens (tertiary/aromatic N) is 1. The average Bonchev–Trinajstić information content (AvgIpc) is 2.17. The number of aryl methyl sites for hydroxylation is 1. The Labute approximate surface area is 83.7 Å². The van der Waals surface area contributed by atoms with Crippen LogP contribution in [0.1, 0.15) is 24.3 Å². The van der Waals surface area contributed by atoms with Gasteiger partial charge in [0.25, 0.3) is 0 Å². The van der Waals surface area contributed by atoms with Crippen molar-refractivity contribution in [1.29, 1.82) is 0 Å². The van der Waals surface area contributed by atoms with Crippen LogP contribution in [-0.2, 0) is 0 Å². The van der Waals surface area contributed by atoms with Gasteiger partial charge in [0.15, 0.2) is 0 Å². The van der Waals surface area contributed by atoms with Crippen molar-refractivity contribution in [3.63, 3.8) is 0 Å². The van der Waals surface area contributed by atoms with Crippen LogP contribution < -0.4 is 10.5 Å². The first-order valence-corrected chi connectivity index (χ1v) is 4.51. The normalized spacial score (nSPS) is 14.9. The van der Waals surface area contributed by atoms with E-state index < -0.39 is 6.10 Å². The van der Waals surface area contributed by atoms with E-state index >= 15 is 0 Å². The van der Waals surface area contributed by atoms with Gasteiger partial charge in [0.1, 0.15) is 6.10 Å². The summed E-state index contributed by atoms with van der Waals surface area (Å²) >= 11 is 0. The molecule has 0 aliphatic carbocycles. The predicted molar refractivity (Wildman–Crippen MR) is 54.1 cm³/mol. The van der Waals surface area contributed by atoms with Crippen molar-refractivity contribution < 1.29 is 9.84 Å². The summed E-state index contributed by atoms with van der Waals surface area (Å²) < 4.78 is 5.05. The number of hydrogen-bond acceptors (Lipinski definition) is 4. The van der Waals surface area contributed by atoms with Crippen LogP contribution in [-0.4, -0.2) is 23.2 Å². The summed E-state index contributed by atoms with van der Waals surface area (Å²) in [4.78, 5) is 4.16. The third kappa shape index (κ3) is 2.21. The highest BCUT2D eigenvalue weighted by Crippen LogP contribution is 2.19. The Balaban J connectivity index is 3.00. The maximum atomic E-state index is 9.67. The van der Waals surface area contributed by atoms with Crippen LogP contribution in [0.4, 0.5) is 0 Å². The molecule has 1 rings (SSSR count). The second-order valence-electron chi connectivity index (χ2n) is 3.37. The number of methoxy groups -OCH3 is 1. The molecule has 0 aliphatic heterocycles. The van der Waals surface area contributed by atoms with E-state index in [2.05, 4.69) is 4.98 Å². The summed E-state index contributed by atoms with van der Waals surface area (Å²) in [7, 11) is 1.55. The van der Waals surface area contributed by atoms with Crippen molar-refractivity contribution >= 4 is 0 Å². The first-order valence-electron chi connectivity index (χ1n) is 4.51. The summed E-state index contributed by atoms with van der Waals surface area (Å²) in [5, 5.41) is 9.67. The van der Waals surface area contributed by atoms with Crippen molar-refractivity contribution in [2.75, 3.05) is 7.11 Å². The zero-order chi connectivity index (χ0) is 10.7. The molecule has 78 valence electrons. The number of hydrogen-bond donors (Lipinski definition) is 2. The molecule has 0 aromatic carbocycles. The molecule has 3 N–H and O–H groups in total. The highest BCUT2D eigenvalue weighted by molar-refractivity contribution is 5.27. The zero-order valence-electron chi connectivity index (χ0n) is 8.69. The van der Waals surface area contributed by atoms with Gasteiger partial charge in [-0.2, -0.15) is 0 Å². The third-order valence-electron chi connectivity index (χ3n) is 2.07. The summed E-state index contributed by atoms with van der Waals surface area (Å²) in [6.45, 7) is 3.63. The molecule has 14 heavy (non-hydrogen) atoms. The third-order valence-corrected chi connectivity index (χ3v) is 2.07. The Morgan fingerprint density at radius 3 is 2.64 bits per heavy atom. The topological polar surface area (TPSA) is 68.4 Å². The molecule has 0 saturated heterocycles. The molecule has 1 aromatic rings. The quantitative estimate of drug-likeness (QED) is 0.749. The molecule has 0 amide bonds. The highest BCUT2D eigenvalue weighted by Gasteiger charge is 2.15. The van der Waals surface area contributed by atoms with Crippen molar-refractivity contribution in [1.82, 2.24) is 4.98 Å². The highest BCUT2D eigenvalue weighted by atomic mass is 16.5. The summed E-state index contributed by atoms with van der Waals surface area (Å²) in [6.07, 6.45) is -0.746. The Hall–Kier alpha value is -1.13. The monoisotopic (exact) mass is 196 g/mol. The lowest BCUT2D eigenvalue weighted by Gasteiger charge is -2.15. The number of rotatable bonds is 3. The molecule has 4 nitrogen and oxygen atoms in total. The number of pyridine rings is 1. The van der Waals surface area contributed by atoms with E-state index in [-0.39, 0.29) is 6.04 Å². The average molecular weight is 196 g/mol. The molecule has 0 bridgehead atoms. The Bertz CT molecular complexity index is 313.